The number of hydrogen-bond donors (Lipinski definition) is 2. The van der Waals surface area contributed by atoms with Crippen LogP contribution in [0.15, 0.2) is 129 Å². The van der Waals surface area contributed by atoms with E-state index in [1.165, 1.54) is 0 Å². The Morgan fingerprint density at radius 2 is 1.19 bits per heavy atom. The van der Waals surface area contributed by atoms with Gasteiger partial charge in [-0.3, -0.25) is 9.59 Å². The predicted octanol–water partition coefficient (Wildman–Crippen LogP) is 9.54. The molecular formula is C41H44Br2ClN3O4S. The van der Waals surface area contributed by atoms with Gasteiger partial charge in [0.05, 0.1) is 23.3 Å². The quantitative estimate of drug-likeness (QED) is 0.116. The Kier molecular flexibility index (Phi) is 17.9. The average molecular weight is 870 g/mol. The van der Waals surface area contributed by atoms with Gasteiger partial charge < -0.3 is 15.4 Å². The summed E-state index contributed by atoms with van der Waals surface area (Å²) in [6, 6.07) is 34.4. The third kappa shape index (κ3) is 15.9. The van der Waals surface area contributed by atoms with Crippen molar-refractivity contribution >= 4 is 73.3 Å². The van der Waals surface area contributed by atoms with Crippen molar-refractivity contribution < 1.29 is 19.1 Å². The molecule has 0 aliphatic heterocycles. The molecule has 0 saturated carbocycles. The Balaban J connectivity index is 0.000000275. The molecule has 7 nitrogen and oxygen atoms in total. The summed E-state index contributed by atoms with van der Waals surface area (Å²) in [5.74, 6) is 0.134. The molecule has 4 aromatic carbocycles. The summed E-state index contributed by atoms with van der Waals surface area (Å²) in [7, 11) is 0. The smallest absolute Gasteiger partial charge is 0.408 e. The van der Waals surface area contributed by atoms with Crippen LogP contribution in [-0.4, -0.2) is 40.3 Å². The second kappa shape index (κ2) is 21.8. The lowest BCUT2D eigenvalue weighted by Crippen LogP contribution is -2.45. The van der Waals surface area contributed by atoms with Gasteiger partial charge in [-0.2, -0.15) is 0 Å². The molecular weight excluding hydrogens is 826 g/mol. The molecule has 0 saturated heterocycles. The fourth-order valence-electron chi connectivity index (χ4n) is 5.19. The van der Waals surface area contributed by atoms with E-state index >= 15 is 0 Å². The van der Waals surface area contributed by atoms with E-state index < -0.39 is 17.7 Å². The van der Waals surface area contributed by atoms with Crippen LogP contribution in [0.3, 0.4) is 0 Å². The maximum Gasteiger partial charge on any atom is 0.408 e. The lowest BCUT2D eigenvalue weighted by Gasteiger charge is -2.23. The van der Waals surface area contributed by atoms with E-state index in [1.807, 2.05) is 108 Å². The molecule has 2 atom stereocenters. The van der Waals surface area contributed by atoms with Crippen LogP contribution in [0.5, 0.6) is 0 Å². The van der Waals surface area contributed by atoms with Crippen LogP contribution in [0.25, 0.3) is 0 Å². The standard InChI is InChI=1S/C21H24BrNO3.C20H19BrN2OS.ClH/c1-21(2,3)26-20(25)23-18(13-15-8-5-4-6-9-15)19(24)14-16-10-7-11-17(22)12-16;21-17-8-4-7-16(9-17)11-20(24)19(10-15-5-2-1-3-6-15)22-12-18-13-25-14-23-18;/h4-12,18H,13-14H2,1-3H3,(H,23,25);1-9,13-14,19,22H,10-12H2;1H/t18-;19-;/m00./s1. The number of benzene rings is 4. The van der Waals surface area contributed by atoms with Crippen molar-refractivity contribution in [3.8, 4) is 0 Å². The number of carbonyl (C=O) groups excluding carboxylic acids is 3. The molecule has 11 heteroatoms. The minimum Gasteiger partial charge on any atom is -0.444 e. The summed E-state index contributed by atoms with van der Waals surface area (Å²) in [4.78, 5) is 42.2. The van der Waals surface area contributed by atoms with Crippen LogP contribution >= 0.6 is 55.6 Å². The fraction of sp³-hybridized carbons (Fsp3) is 0.268. The van der Waals surface area contributed by atoms with Gasteiger partial charge in [-0.25, -0.2) is 9.78 Å². The van der Waals surface area contributed by atoms with Crippen LogP contribution in [0.2, 0.25) is 0 Å². The Hall–Kier alpha value is -3.67. The van der Waals surface area contributed by atoms with Gasteiger partial charge in [0.2, 0.25) is 0 Å². The second-order valence-corrected chi connectivity index (χ2v) is 15.6. The van der Waals surface area contributed by atoms with E-state index in [4.69, 9.17) is 4.74 Å². The maximum absolute atomic E-state index is 12.9. The lowest BCUT2D eigenvalue weighted by molar-refractivity contribution is -0.121. The monoisotopic (exact) mass is 867 g/mol. The number of Topliss-reactive ketones (excluding diaryl/α,β-unsaturated/α-hetero) is 2. The summed E-state index contributed by atoms with van der Waals surface area (Å²) >= 11 is 8.45. The maximum atomic E-state index is 12.9. The van der Waals surface area contributed by atoms with Gasteiger partial charge in [-0.05, 0) is 80.1 Å². The normalized spacial score (nSPS) is 11.9. The van der Waals surface area contributed by atoms with Gasteiger partial charge >= 0.3 is 6.09 Å². The van der Waals surface area contributed by atoms with Crippen molar-refractivity contribution in [3.05, 3.63) is 157 Å². The Morgan fingerprint density at radius 1 is 0.712 bits per heavy atom. The Bertz CT molecular complexity index is 1840. The average Bonchev–Trinajstić information content (AvgIpc) is 3.61. The van der Waals surface area contributed by atoms with Gasteiger partial charge in [0.1, 0.15) is 5.60 Å². The van der Waals surface area contributed by atoms with Crippen LogP contribution < -0.4 is 10.6 Å². The van der Waals surface area contributed by atoms with Crippen molar-refractivity contribution in [1.29, 1.82) is 0 Å². The summed E-state index contributed by atoms with van der Waals surface area (Å²) in [5.41, 5.74) is 6.22. The molecule has 0 fully saturated rings. The van der Waals surface area contributed by atoms with Gasteiger partial charge in [0.25, 0.3) is 0 Å². The zero-order valence-electron chi connectivity index (χ0n) is 29.4. The highest BCUT2D eigenvalue weighted by molar-refractivity contribution is 9.10. The molecule has 0 aliphatic rings. The molecule has 1 heterocycles. The van der Waals surface area contributed by atoms with Crippen molar-refractivity contribution in [2.24, 2.45) is 0 Å². The number of ketones is 2. The zero-order chi connectivity index (χ0) is 36.6. The highest BCUT2D eigenvalue weighted by Gasteiger charge is 2.25. The number of rotatable bonds is 14. The van der Waals surface area contributed by atoms with Crippen molar-refractivity contribution in [2.45, 2.75) is 70.7 Å². The fourth-order valence-corrected chi connectivity index (χ4v) is 6.64. The number of alkyl carbamates (subject to hydrolysis) is 1. The first-order chi connectivity index (χ1) is 24.4. The number of amides is 1. The number of halogens is 3. The minimum absolute atomic E-state index is 0. The van der Waals surface area contributed by atoms with Crippen LogP contribution in [0.4, 0.5) is 4.79 Å². The highest BCUT2D eigenvalue weighted by Crippen LogP contribution is 2.16. The third-order valence-corrected chi connectivity index (χ3v) is 9.20. The van der Waals surface area contributed by atoms with E-state index in [0.29, 0.717) is 25.8 Å². The lowest BCUT2D eigenvalue weighted by atomic mass is 9.97. The molecule has 5 rings (SSSR count). The molecule has 0 unspecified atom stereocenters. The summed E-state index contributed by atoms with van der Waals surface area (Å²) in [6.45, 7) is 5.98. The van der Waals surface area contributed by atoms with Crippen LogP contribution in [0.1, 0.15) is 48.7 Å². The van der Waals surface area contributed by atoms with E-state index in [2.05, 4.69) is 59.6 Å². The summed E-state index contributed by atoms with van der Waals surface area (Å²) in [5, 5.41) is 8.13. The summed E-state index contributed by atoms with van der Waals surface area (Å²) in [6.07, 6.45) is 1.18. The Morgan fingerprint density at radius 3 is 1.65 bits per heavy atom. The Labute approximate surface area is 333 Å². The van der Waals surface area contributed by atoms with Crippen LogP contribution in [-0.2, 0) is 46.6 Å². The van der Waals surface area contributed by atoms with Gasteiger partial charge in [-0.15, -0.1) is 23.7 Å². The molecule has 2 N–H and O–H groups in total. The van der Waals surface area contributed by atoms with Crippen LogP contribution in [0, 0.1) is 0 Å². The zero-order valence-corrected chi connectivity index (χ0v) is 34.2. The molecule has 0 bridgehead atoms. The van der Waals surface area contributed by atoms with Gasteiger partial charge in [0, 0.05) is 33.7 Å². The van der Waals surface area contributed by atoms with Gasteiger partial charge in [0.15, 0.2) is 11.6 Å². The topological polar surface area (TPSA) is 97.4 Å². The van der Waals surface area contributed by atoms with E-state index in [1.54, 1.807) is 32.1 Å². The number of aromatic nitrogens is 1. The van der Waals surface area contributed by atoms with Crippen molar-refractivity contribution in [1.82, 2.24) is 15.6 Å². The summed E-state index contributed by atoms with van der Waals surface area (Å²) < 4.78 is 7.23. The number of ether oxygens (including phenoxy) is 1. The first-order valence-electron chi connectivity index (χ1n) is 16.7. The second-order valence-electron chi connectivity index (χ2n) is 13.0. The molecule has 0 aliphatic carbocycles. The molecule has 274 valence electrons. The predicted molar refractivity (Wildman–Crippen MR) is 219 cm³/mol. The van der Waals surface area contributed by atoms with Crippen molar-refractivity contribution in [2.75, 3.05) is 0 Å². The minimum atomic E-state index is -0.647. The third-order valence-electron chi connectivity index (χ3n) is 7.58. The number of nitrogens with one attached hydrogen (secondary N) is 2. The molecule has 0 spiro atoms. The highest BCUT2D eigenvalue weighted by atomic mass is 79.9. The SMILES string of the molecule is CC(C)(C)OC(=O)N[C@@H](Cc1ccccc1)C(=O)Cc1cccc(Br)c1.Cl.O=C(Cc1cccc(Br)c1)[C@H](Cc1ccccc1)NCc1cscn1. The number of nitrogens with zero attached hydrogens (tertiary/aromatic N) is 1. The van der Waals surface area contributed by atoms with E-state index in [9.17, 15) is 14.4 Å². The molecule has 1 amide bonds. The largest absolute Gasteiger partial charge is 0.444 e. The van der Waals surface area contributed by atoms with Gasteiger partial charge in [-0.1, -0.05) is 117 Å². The first kappa shape index (κ1) is 42.7. The first-order valence-corrected chi connectivity index (χ1v) is 19.2. The molecule has 1 aromatic heterocycles. The number of hydrogen-bond acceptors (Lipinski definition) is 7. The molecule has 5 aromatic rings. The van der Waals surface area contributed by atoms with Crippen molar-refractivity contribution in [3.63, 3.8) is 0 Å². The molecule has 0 radical (unpaired) electrons. The van der Waals surface area contributed by atoms with E-state index in [0.717, 1.165) is 36.9 Å². The molecule has 52 heavy (non-hydrogen) atoms. The number of thiazole rings is 1. The number of carbonyl (C=O) groups is 3. The van der Waals surface area contributed by atoms with E-state index in [-0.39, 0.29) is 36.4 Å².